The second-order valence-corrected chi connectivity index (χ2v) is 6.87. The van der Waals surface area contributed by atoms with E-state index in [1.165, 1.54) is 12.1 Å². The van der Waals surface area contributed by atoms with E-state index in [9.17, 15) is 9.18 Å². The number of benzene rings is 1. The summed E-state index contributed by atoms with van der Waals surface area (Å²) in [6, 6.07) is 5.84. The van der Waals surface area contributed by atoms with Crippen molar-refractivity contribution in [3.63, 3.8) is 0 Å². The highest BCUT2D eigenvalue weighted by molar-refractivity contribution is 7.09. The minimum absolute atomic E-state index is 0.0602. The highest BCUT2D eigenvalue weighted by Gasteiger charge is 2.17. The maximum Gasteiger partial charge on any atom is 0.238 e. The molecular formula is C17H21FN4OS. The summed E-state index contributed by atoms with van der Waals surface area (Å²) in [5, 5.41) is 5.95. The fourth-order valence-corrected chi connectivity index (χ4v) is 3.46. The van der Waals surface area contributed by atoms with E-state index in [4.69, 9.17) is 0 Å². The molecular weight excluding hydrogens is 327 g/mol. The van der Waals surface area contributed by atoms with Gasteiger partial charge in [0, 0.05) is 30.4 Å². The Morgan fingerprint density at radius 3 is 2.67 bits per heavy atom. The van der Waals surface area contributed by atoms with Crippen LogP contribution in [-0.2, 0) is 11.3 Å². The molecule has 0 radical (unpaired) electrons. The number of hydrogen-bond acceptors (Lipinski definition) is 5. The highest BCUT2D eigenvalue weighted by Crippen LogP contribution is 2.12. The third-order valence-corrected chi connectivity index (χ3v) is 4.78. The first kappa shape index (κ1) is 17.0. The van der Waals surface area contributed by atoms with Crippen molar-refractivity contribution in [2.45, 2.75) is 13.0 Å². The molecule has 1 aliphatic rings. The number of nitrogens with zero attached hydrogens (tertiary/aromatic N) is 3. The Hall–Kier alpha value is -1.83. The zero-order chi connectivity index (χ0) is 16.8. The van der Waals surface area contributed by atoms with E-state index in [1.54, 1.807) is 23.5 Å². The zero-order valence-electron chi connectivity index (χ0n) is 13.4. The molecule has 1 N–H and O–H groups in total. The lowest BCUT2D eigenvalue weighted by Gasteiger charge is -2.20. The van der Waals surface area contributed by atoms with Crippen LogP contribution >= 0.6 is 11.3 Å². The molecule has 1 aromatic heterocycles. The number of nitrogens with one attached hydrogen (secondary N) is 1. The minimum atomic E-state index is -0.305. The summed E-state index contributed by atoms with van der Waals surface area (Å²) in [6.07, 6.45) is 2.87. The van der Waals surface area contributed by atoms with E-state index >= 15 is 0 Å². The number of thiazole rings is 1. The van der Waals surface area contributed by atoms with Gasteiger partial charge in [-0.15, -0.1) is 11.3 Å². The maximum atomic E-state index is 12.9. The van der Waals surface area contributed by atoms with Gasteiger partial charge >= 0.3 is 0 Å². The van der Waals surface area contributed by atoms with E-state index < -0.39 is 0 Å². The quantitative estimate of drug-likeness (QED) is 0.902. The summed E-state index contributed by atoms with van der Waals surface area (Å²) in [4.78, 5) is 21.0. The van der Waals surface area contributed by atoms with Gasteiger partial charge in [0.15, 0.2) is 0 Å². The van der Waals surface area contributed by atoms with Gasteiger partial charge in [0.1, 0.15) is 10.8 Å². The molecule has 3 rings (SSSR count). The fraction of sp³-hybridized carbons (Fsp3) is 0.412. The van der Waals surface area contributed by atoms with Gasteiger partial charge in [0.2, 0.25) is 5.91 Å². The Kier molecular flexibility index (Phi) is 5.90. The largest absolute Gasteiger partial charge is 0.325 e. The van der Waals surface area contributed by atoms with Crippen molar-refractivity contribution < 1.29 is 9.18 Å². The summed E-state index contributed by atoms with van der Waals surface area (Å²) in [6.45, 7) is 4.97. The Labute approximate surface area is 145 Å². The lowest BCUT2D eigenvalue weighted by molar-refractivity contribution is -0.117. The van der Waals surface area contributed by atoms with Crippen LogP contribution in [-0.4, -0.2) is 53.4 Å². The second kappa shape index (κ2) is 8.32. The summed E-state index contributed by atoms with van der Waals surface area (Å²) >= 11 is 1.68. The van der Waals surface area contributed by atoms with Gasteiger partial charge in [-0.3, -0.25) is 14.6 Å². The number of halogens is 1. The average Bonchev–Trinajstić information content (AvgIpc) is 2.97. The van der Waals surface area contributed by atoms with E-state index in [1.807, 2.05) is 11.6 Å². The molecule has 1 aromatic carbocycles. The predicted octanol–water partition coefficient (Wildman–Crippen LogP) is 2.43. The van der Waals surface area contributed by atoms with E-state index in [0.29, 0.717) is 12.2 Å². The summed E-state index contributed by atoms with van der Waals surface area (Å²) < 4.78 is 12.9. The molecule has 5 nitrogen and oxygen atoms in total. The molecule has 1 aliphatic heterocycles. The van der Waals surface area contributed by atoms with Crippen LogP contribution in [0.2, 0.25) is 0 Å². The molecule has 1 saturated heterocycles. The standard InChI is InChI=1S/C17H21FN4OS/c18-14-2-4-15(5-3-14)20-16(23)12-21-7-1-8-22(10-9-21)13-17-19-6-11-24-17/h2-6,11H,1,7-10,12-13H2,(H,20,23). The van der Waals surface area contributed by atoms with Crippen molar-refractivity contribution in [1.29, 1.82) is 0 Å². The summed E-state index contributed by atoms with van der Waals surface area (Å²) in [7, 11) is 0. The van der Waals surface area contributed by atoms with E-state index in [-0.39, 0.29) is 11.7 Å². The van der Waals surface area contributed by atoms with E-state index in [0.717, 1.165) is 44.2 Å². The topological polar surface area (TPSA) is 48.5 Å². The second-order valence-electron chi connectivity index (χ2n) is 5.89. The van der Waals surface area contributed by atoms with Gasteiger partial charge < -0.3 is 5.32 Å². The smallest absolute Gasteiger partial charge is 0.238 e. The molecule has 0 spiro atoms. The molecule has 2 heterocycles. The first-order valence-corrected chi connectivity index (χ1v) is 8.95. The first-order chi connectivity index (χ1) is 11.7. The number of hydrogen-bond donors (Lipinski definition) is 1. The van der Waals surface area contributed by atoms with E-state index in [2.05, 4.69) is 20.1 Å². The van der Waals surface area contributed by atoms with Crippen LogP contribution in [0.3, 0.4) is 0 Å². The third kappa shape index (κ3) is 5.09. The molecule has 0 aliphatic carbocycles. The predicted molar refractivity (Wildman–Crippen MR) is 93.5 cm³/mol. The normalized spacial score (nSPS) is 16.7. The average molecular weight is 348 g/mol. The van der Waals surface area contributed by atoms with Crippen molar-refractivity contribution >= 4 is 22.9 Å². The number of amides is 1. The minimum Gasteiger partial charge on any atom is -0.325 e. The van der Waals surface area contributed by atoms with Crippen molar-refractivity contribution in [2.75, 3.05) is 38.0 Å². The Bertz CT molecular complexity index is 647. The number of carbonyl (C=O) groups excluding carboxylic acids is 1. The molecule has 0 bridgehead atoms. The van der Waals surface area contributed by atoms with Crippen molar-refractivity contribution in [1.82, 2.24) is 14.8 Å². The van der Waals surface area contributed by atoms with Crippen molar-refractivity contribution in [3.8, 4) is 0 Å². The van der Waals surface area contributed by atoms with Crippen LogP contribution in [0.4, 0.5) is 10.1 Å². The first-order valence-electron chi connectivity index (χ1n) is 8.07. The molecule has 2 aromatic rings. The van der Waals surface area contributed by atoms with Gasteiger partial charge in [-0.2, -0.15) is 0 Å². The van der Waals surface area contributed by atoms with Crippen LogP contribution in [0, 0.1) is 5.82 Å². The van der Waals surface area contributed by atoms with Crippen LogP contribution < -0.4 is 5.32 Å². The molecule has 128 valence electrons. The number of anilines is 1. The molecule has 24 heavy (non-hydrogen) atoms. The van der Waals surface area contributed by atoms with Gasteiger partial charge in [-0.05, 0) is 43.8 Å². The lowest BCUT2D eigenvalue weighted by Crippen LogP contribution is -2.36. The number of carbonyl (C=O) groups is 1. The van der Waals surface area contributed by atoms with Crippen LogP contribution in [0.15, 0.2) is 35.8 Å². The third-order valence-electron chi connectivity index (χ3n) is 4.02. The zero-order valence-corrected chi connectivity index (χ0v) is 14.3. The number of aromatic nitrogens is 1. The molecule has 7 heteroatoms. The highest BCUT2D eigenvalue weighted by atomic mass is 32.1. The monoisotopic (exact) mass is 348 g/mol. The maximum absolute atomic E-state index is 12.9. The molecule has 0 atom stereocenters. The van der Waals surface area contributed by atoms with Gasteiger partial charge in [-0.1, -0.05) is 0 Å². The molecule has 0 saturated carbocycles. The lowest BCUT2D eigenvalue weighted by atomic mass is 10.3. The van der Waals surface area contributed by atoms with Crippen LogP contribution in [0.1, 0.15) is 11.4 Å². The molecule has 1 fully saturated rings. The van der Waals surface area contributed by atoms with Crippen LogP contribution in [0.25, 0.3) is 0 Å². The summed E-state index contributed by atoms with van der Waals surface area (Å²) in [5.41, 5.74) is 0.626. The summed E-state index contributed by atoms with van der Waals surface area (Å²) in [5.74, 6) is -0.365. The molecule has 0 unspecified atom stereocenters. The van der Waals surface area contributed by atoms with Gasteiger partial charge in [0.25, 0.3) is 0 Å². The fourth-order valence-electron chi connectivity index (χ4n) is 2.80. The van der Waals surface area contributed by atoms with Crippen molar-refractivity contribution in [3.05, 3.63) is 46.7 Å². The Morgan fingerprint density at radius 1 is 1.17 bits per heavy atom. The van der Waals surface area contributed by atoms with Gasteiger partial charge in [0.05, 0.1) is 13.1 Å². The van der Waals surface area contributed by atoms with Crippen LogP contribution in [0.5, 0.6) is 0 Å². The number of rotatable bonds is 5. The van der Waals surface area contributed by atoms with Gasteiger partial charge in [-0.25, -0.2) is 9.37 Å². The molecule has 1 amide bonds. The SMILES string of the molecule is O=C(CN1CCCN(Cc2nccs2)CC1)Nc1ccc(F)cc1. The Balaban J connectivity index is 1.45. The Morgan fingerprint density at radius 2 is 1.92 bits per heavy atom. The van der Waals surface area contributed by atoms with Crippen molar-refractivity contribution in [2.24, 2.45) is 0 Å².